The molecule has 0 aromatic rings. The van der Waals surface area contributed by atoms with Crippen LogP contribution in [0, 0.1) is 0 Å². The highest BCUT2D eigenvalue weighted by Gasteiger charge is 2.46. The molecule has 7 N–H and O–H groups in total. The first-order chi connectivity index (χ1) is 26.0. The number of hydrogen-bond acceptors (Lipinski definition) is 10. The molecule has 2 saturated heterocycles. The Bertz CT molecular complexity index is 886. The highest BCUT2D eigenvalue weighted by Crippen LogP contribution is 2.27. The number of nitrogens with one attached hydrogen (secondary N) is 1. The van der Waals surface area contributed by atoms with Crippen LogP contribution in [-0.2, 0) is 9.47 Å². The maximum absolute atomic E-state index is 14.3. The van der Waals surface area contributed by atoms with Crippen LogP contribution in [0.15, 0.2) is 0 Å². The minimum absolute atomic E-state index is 0.200. The van der Waals surface area contributed by atoms with Gasteiger partial charge in [-0.05, 0) is 51.7 Å². The van der Waals surface area contributed by atoms with Crippen molar-refractivity contribution in [3.05, 3.63) is 0 Å². The van der Waals surface area contributed by atoms with E-state index in [4.69, 9.17) is 9.47 Å². The molecule has 0 aromatic heterocycles. The van der Waals surface area contributed by atoms with Crippen LogP contribution in [-0.4, -0.2) is 130 Å². The van der Waals surface area contributed by atoms with E-state index in [9.17, 15) is 43.8 Å². The Hall–Kier alpha value is -0.610. The number of piperidine rings is 1. The highest BCUT2D eigenvalue weighted by atomic mass is 19.4. The molecule has 10 nitrogen and oxygen atoms in total. The molecule has 0 radical (unpaired) electrons. The first-order valence-electron chi connectivity index (χ1n) is 21.8. The fraction of sp³-hybridized carbons (Fsp3) is 1.00. The van der Waals surface area contributed by atoms with Gasteiger partial charge in [0.1, 0.15) is 30.5 Å². The molecule has 13 heteroatoms. The summed E-state index contributed by atoms with van der Waals surface area (Å²) in [6.07, 6.45) is 9.30. The van der Waals surface area contributed by atoms with E-state index in [0.717, 1.165) is 57.9 Å². The van der Waals surface area contributed by atoms with Crippen LogP contribution < -0.4 is 5.32 Å². The second kappa shape index (κ2) is 29.6. The fourth-order valence-corrected chi connectivity index (χ4v) is 7.81. The summed E-state index contributed by atoms with van der Waals surface area (Å²) >= 11 is 0. The van der Waals surface area contributed by atoms with Gasteiger partial charge in [-0.3, -0.25) is 5.32 Å². The molecule has 322 valence electrons. The molecule has 2 fully saturated rings. The van der Waals surface area contributed by atoms with E-state index in [1.807, 2.05) is 0 Å². The van der Waals surface area contributed by atoms with Gasteiger partial charge < -0.3 is 45.0 Å². The lowest BCUT2D eigenvalue weighted by Crippen LogP contribution is -2.61. The summed E-state index contributed by atoms with van der Waals surface area (Å²) in [5.41, 5.74) is 0. The topological polar surface area (TPSA) is 155 Å². The normalized spacial score (nSPS) is 25.1. The Morgan fingerprint density at radius 3 is 1.70 bits per heavy atom. The van der Waals surface area contributed by atoms with Gasteiger partial charge in [0.05, 0.1) is 31.5 Å². The maximum atomic E-state index is 14.3. The van der Waals surface area contributed by atoms with Crippen molar-refractivity contribution in [3.63, 3.8) is 0 Å². The number of alkyl halides is 3. The van der Waals surface area contributed by atoms with E-state index in [1.54, 1.807) is 0 Å². The average molecular weight is 785 g/mol. The molecule has 2 aliphatic rings. The molecule has 0 bridgehead atoms. The van der Waals surface area contributed by atoms with E-state index in [0.29, 0.717) is 19.3 Å². The van der Waals surface area contributed by atoms with Gasteiger partial charge in [-0.1, -0.05) is 135 Å². The van der Waals surface area contributed by atoms with Crippen molar-refractivity contribution < 1.29 is 53.3 Å². The van der Waals surface area contributed by atoms with E-state index in [1.165, 1.54) is 90.1 Å². The Balaban J connectivity index is 1.84. The molecule has 0 amide bonds. The smallest absolute Gasteiger partial charge is 0.394 e. The molecule has 5 unspecified atom stereocenters. The Morgan fingerprint density at radius 1 is 0.685 bits per heavy atom. The Labute approximate surface area is 324 Å². The minimum atomic E-state index is -4.63. The van der Waals surface area contributed by atoms with E-state index >= 15 is 0 Å². The van der Waals surface area contributed by atoms with Crippen LogP contribution in [0.2, 0.25) is 0 Å². The zero-order chi connectivity index (χ0) is 39.6. The number of aliphatic hydroxyl groups excluding tert-OH is 6. The molecule has 9 atom stereocenters. The van der Waals surface area contributed by atoms with Crippen molar-refractivity contribution in [2.45, 2.75) is 229 Å². The predicted octanol–water partition coefficient (Wildman–Crippen LogP) is 6.50. The van der Waals surface area contributed by atoms with Gasteiger partial charge in [0.15, 0.2) is 6.29 Å². The molecule has 2 aliphatic heterocycles. The zero-order valence-corrected chi connectivity index (χ0v) is 33.5. The summed E-state index contributed by atoms with van der Waals surface area (Å²) in [5.74, 6) is 0. The number of ether oxygens (including phenoxy) is 2. The van der Waals surface area contributed by atoms with E-state index < -0.39 is 74.4 Å². The molecule has 54 heavy (non-hydrogen) atoms. The lowest BCUT2D eigenvalue weighted by molar-refractivity contribution is -0.303. The van der Waals surface area contributed by atoms with Gasteiger partial charge >= 0.3 is 6.18 Å². The maximum Gasteiger partial charge on any atom is 0.403 e. The van der Waals surface area contributed by atoms with Crippen LogP contribution in [0.25, 0.3) is 0 Å². The fourth-order valence-electron chi connectivity index (χ4n) is 7.81. The van der Waals surface area contributed by atoms with Gasteiger partial charge in [-0.15, -0.1) is 0 Å². The molecule has 2 rings (SSSR count). The number of halogens is 3. The van der Waals surface area contributed by atoms with Crippen LogP contribution >= 0.6 is 0 Å². The number of hydrogen-bond donors (Lipinski definition) is 7. The second-order valence-corrected chi connectivity index (χ2v) is 16.2. The summed E-state index contributed by atoms with van der Waals surface area (Å²) in [5, 5.41) is 64.8. The molecule has 0 saturated carbocycles. The molecule has 0 spiro atoms. The number of rotatable bonds is 32. The van der Waals surface area contributed by atoms with Crippen molar-refractivity contribution in [3.8, 4) is 0 Å². The van der Waals surface area contributed by atoms with Crippen LogP contribution in [0.3, 0.4) is 0 Å². The first-order valence-corrected chi connectivity index (χ1v) is 21.8. The quantitative estimate of drug-likeness (QED) is 0.0376. The minimum Gasteiger partial charge on any atom is -0.394 e. The standard InChI is InChI=1S/C41H79F3N2O8/c1-2-3-4-5-6-7-8-9-10-13-16-20-25-33(48)36(49)32(31-53-40-39(52)38(51)37(50)34(30-47)54-40)45-35(41(42,43)44)26-21-17-14-11-12-15-18-22-27-46-28-23-19-24-29-46/h32-40,45,47-52H,2-31H2,1H3/t32-,33+,34?,35-,36-,37?,38?,39?,40?/m0/s1. The summed E-state index contributed by atoms with van der Waals surface area (Å²) in [7, 11) is 0. The third kappa shape index (κ3) is 20.7. The SMILES string of the molecule is CCCCCCCCCCCCCC[C@@H](O)[C@@H](O)[C@H](COC1OC(CO)C(O)C(O)C1O)N[C@@H](CCCCCCCCCCN1CCCCC1)C(F)(F)F. The van der Waals surface area contributed by atoms with Crippen LogP contribution in [0.1, 0.15) is 167 Å². The van der Waals surface area contributed by atoms with Crippen LogP contribution in [0.4, 0.5) is 13.2 Å². The van der Waals surface area contributed by atoms with E-state index in [-0.39, 0.29) is 12.8 Å². The number of likely N-dealkylation sites (tertiary alicyclic amines) is 1. The third-order valence-corrected chi connectivity index (χ3v) is 11.4. The summed E-state index contributed by atoms with van der Waals surface area (Å²) < 4.78 is 54.0. The molecule has 2 heterocycles. The second-order valence-electron chi connectivity index (χ2n) is 16.2. The molecular formula is C41H79F3N2O8. The lowest BCUT2D eigenvalue weighted by atomic mass is 9.97. The van der Waals surface area contributed by atoms with Gasteiger partial charge in [0.25, 0.3) is 0 Å². The number of nitrogens with zero attached hydrogens (tertiary/aromatic N) is 1. The van der Waals surface area contributed by atoms with Gasteiger partial charge in [0.2, 0.25) is 0 Å². The average Bonchev–Trinajstić information content (AvgIpc) is 3.16. The van der Waals surface area contributed by atoms with E-state index in [2.05, 4.69) is 17.1 Å². The Morgan fingerprint density at radius 2 is 1.19 bits per heavy atom. The molecule has 0 aromatic carbocycles. The highest BCUT2D eigenvalue weighted by molar-refractivity contribution is 4.91. The predicted molar refractivity (Wildman–Crippen MR) is 206 cm³/mol. The van der Waals surface area contributed by atoms with Gasteiger partial charge in [0, 0.05) is 0 Å². The Kier molecular flexibility index (Phi) is 27.1. The summed E-state index contributed by atoms with van der Waals surface area (Å²) in [6.45, 7) is 4.50. The van der Waals surface area contributed by atoms with Crippen molar-refractivity contribution in [1.82, 2.24) is 10.2 Å². The van der Waals surface area contributed by atoms with Gasteiger partial charge in [-0.2, -0.15) is 13.2 Å². The largest absolute Gasteiger partial charge is 0.403 e. The number of unbranched alkanes of at least 4 members (excludes halogenated alkanes) is 18. The van der Waals surface area contributed by atoms with Crippen molar-refractivity contribution in [2.75, 3.05) is 32.8 Å². The summed E-state index contributed by atoms with van der Waals surface area (Å²) in [4.78, 5) is 2.54. The first kappa shape index (κ1) is 49.5. The lowest BCUT2D eigenvalue weighted by Gasteiger charge is -2.40. The van der Waals surface area contributed by atoms with Gasteiger partial charge in [-0.25, -0.2) is 0 Å². The van der Waals surface area contributed by atoms with Crippen molar-refractivity contribution in [2.24, 2.45) is 0 Å². The number of aliphatic hydroxyl groups is 6. The zero-order valence-electron chi connectivity index (χ0n) is 33.5. The third-order valence-electron chi connectivity index (χ3n) is 11.4. The monoisotopic (exact) mass is 785 g/mol. The van der Waals surface area contributed by atoms with Crippen molar-refractivity contribution in [1.29, 1.82) is 0 Å². The van der Waals surface area contributed by atoms with Crippen molar-refractivity contribution >= 4 is 0 Å². The molecule has 0 aliphatic carbocycles. The van der Waals surface area contributed by atoms with Crippen LogP contribution in [0.5, 0.6) is 0 Å². The summed E-state index contributed by atoms with van der Waals surface area (Å²) in [6, 6.07) is -3.36. The molecular weight excluding hydrogens is 705 g/mol.